The van der Waals surface area contributed by atoms with Crippen molar-refractivity contribution in [2.75, 3.05) is 26.7 Å². The third-order valence-electron chi connectivity index (χ3n) is 5.30. The van der Waals surface area contributed by atoms with Gasteiger partial charge in [0.2, 0.25) is 5.89 Å². The number of piperazine rings is 1. The summed E-state index contributed by atoms with van der Waals surface area (Å²) in [5.41, 5.74) is 2.74. The van der Waals surface area contributed by atoms with E-state index in [2.05, 4.69) is 25.0 Å². The Hall–Kier alpha value is -2.35. The Bertz CT molecular complexity index is 844. The zero-order chi connectivity index (χ0) is 18.4. The number of nitrogens with zero attached hydrogens (tertiary/aromatic N) is 6. The Kier molecular flexibility index (Phi) is 4.22. The van der Waals surface area contributed by atoms with Crippen molar-refractivity contribution in [3.05, 3.63) is 34.5 Å². The first-order valence-corrected chi connectivity index (χ1v) is 9.09. The van der Waals surface area contributed by atoms with E-state index in [1.54, 1.807) is 0 Å². The smallest absolute Gasteiger partial charge is 0.274 e. The summed E-state index contributed by atoms with van der Waals surface area (Å²) < 4.78 is 5.50. The van der Waals surface area contributed by atoms with Crippen LogP contribution in [-0.4, -0.2) is 62.5 Å². The molecule has 2 aliphatic rings. The molecule has 8 nitrogen and oxygen atoms in total. The van der Waals surface area contributed by atoms with Crippen molar-refractivity contribution in [2.24, 2.45) is 0 Å². The number of amides is 1. The lowest BCUT2D eigenvalue weighted by atomic mass is 10.1. The summed E-state index contributed by atoms with van der Waals surface area (Å²) in [6.45, 7) is 7.51. The van der Waals surface area contributed by atoms with E-state index in [0.29, 0.717) is 36.3 Å². The Labute approximate surface area is 152 Å². The molecule has 0 aromatic carbocycles. The van der Waals surface area contributed by atoms with Crippen LogP contribution >= 0.6 is 0 Å². The average Bonchev–Trinajstić information content (AvgIpc) is 3.35. The van der Waals surface area contributed by atoms with E-state index in [4.69, 9.17) is 4.52 Å². The van der Waals surface area contributed by atoms with Gasteiger partial charge in [-0.25, -0.2) is 4.98 Å². The minimum absolute atomic E-state index is 0.0851. The van der Waals surface area contributed by atoms with E-state index >= 15 is 0 Å². The molecule has 1 atom stereocenters. The molecule has 1 saturated carbocycles. The van der Waals surface area contributed by atoms with Gasteiger partial charge in [0.05, 0.1) is 17.1 Å². The van der Waals surface area contributed by atoms with E-state index in [0.717, 1.165) is 36.6 Å². The molecule has 1 saturated heterocycles. The highest BCUT2D eigenvalue weighted by molar-refractivity contribution is 5.93. The summed E-state index contributed by atoms with van der Waals surface area (Å²) in [4.78, 5) is 30.5. The fraction of sp³-hybridized carbons (Fsp3) is 0.611. The van der Waals surface area contributed by atoms with Gasteiger partial charge in [-0.15, -0.1) is 0 Å². The van der Waals surface area contributed by atoms with Gasteiger partial charge in [-0.3, -0.25) is 14.7 Å². The van der Waals surface area contributed by atoms with Crippen molar-refractivity contribution in [3.8, 4) is 0 Å². The Balaban J connectivity index is 1.55. The van der Waals surface area contributed by atoms with Crippen molar-refractivity contribution >= 4 is 5.91 Å². The summed E-state index contributed by atoms with van der Waals surface area (Å²) in [7, 11) is 2.02. The van der Waals surface area contributed by atoms with Gasteiger partial charge >= 0.3 is 0 Å². The summed E-state index contributed by atoms with van der Waals surface area (Å²) in [6.07, 6.45) is 2.27. The highest BCUT2D eigenvalue weighted by Gasteiger charge is 2.35. The highest BCUT2D eigenvalue weighted by atomic mass is 16.5. The molecule has 0 N–H and O–H groups in total. The zero-order valence-corrected chi connectivity index (χ0v) is 15.7. The second-order valence-electron chi connectivity index (χ2n) is 7.34. The van der Waals surface area contributed by atoms with Gasteiger partial charge in [-0.2, -0.15) is 4.98 Å². The minimum Gasteiger partial charge on any atom is -0.338 e. The molecular weight excluding hydrogens is 332 g/mol. The number of aryl methyl sites for hydroxylation is 3. The lowest BCUT2D eigenvalue weighted by Crippen LogP contribution is -2.49. The number of aromatic nitrogens is 4. The topological polar surface area (TPSA) is 88.3 Å². The Morgan fingerprint density at radius 1 is 1.04 bits per heavy atom. The van der Waals surface area contributed by atoms with Gasteiger partial charge in [-0.05, 0) is 40.7 Å². The van der Waals surface area contributed by atoms with E-state index in [9.17, 15) is 4.79 Å². The third kappa shape index (κ3) is 3.09. The van der Waals surface area contributed by atoms with Crippen molar-refractivity contribution < 1.29 is 9.32 Å². The molecule has 1 amide bonds. The SMILES string of the molecule is Cc1nc(C)c(C(=O)N2CCN(C)[C@H](c3nc(C4CC4)no3)C2)nc1C. The van der Waals surface area contributed by atoms with E-state index < -0.39 is 0 Å². The van der Waals surface area contributed by atoms with Gasteiger partial charge in [0.15, 0.2) is 5.82 Å². The zero-order valence-electron chi connectivity index (χ0n) is 15.7. The van der Waals surface area contributed by atoms with Crippen molar-refractivity contribution in [2.45, 2.75) is 45.6 Å². The molecule has 2 aromatic heterocycles. The van der Waals surface area contributed by atoms with E-state index in [-0.39, 0.29) is 11.9 Å². The van der Waals surface area contributed by atoms with Crippen LogP contribution in [0, 0.1) is 20.8 Å². The Morgan fingerprint density at radius 2 is 1.77 bits per heavy atom. The molecule has 1 aliphatic carbocycles. The molecule has 2 fully saturated rings. The van der Waals surface area contributed by atoms with Gasteiger partial charge in [-0.1, -0.05) is 5.16 Å². The molecule has 0 spiro atoms. The quantitative estimate of drug-likeness (QED) is 0.828. The molecule has 2 aromatic rings. The van der Waals surface area contributed by atoms with Gasteiger partial charge in [0.25, 0.3) is 5.91 Å². The summed E-state index contributed by atoms with van der Waals surface area (Å²) in [5, 5.41) is 4.11. The van der Waals surface area contributed by atoms with Crippen molar-refractivity contribution in [3.63, 3.8) is 0 Å². The van der Waals surface area contributed by atoms with Crippen LogP contribution in [0.2, 0.25) is 0 Å². The van der Waals surface area contributed by atoms with Crippen LogP contribution in [0.3, 0.4) is 0 Å². The van der Waals surface area contributed by atoms with E-state index in [1.807, 2.05) is 32.7 Å². The van der Waals surface area contributed by atoms with Crippen molar-refractivity contribution in [1.29, 1.82) is 0 Å². The van der Waals surface area contributed by atoms with Crippen LogP contribution in [0.15, 0.2) is 4.52 Å². The molecule has 3 heterocycles. The van der Waals surface area contributed by atoms with Crippen LogP contribution in [0.5, 0.6) is 0 Å². The molecule has 0 bridgehead atoms. The molecule has 0 radical (unpaired) electrons. The maximum atomic E-state index is 13.0. The summed E-state index contributed by atoms with van der Waals surface area (Å²) in [5.74, 6) is 1.76. The molecule has 4 rings (SSSR count). The number of hydrogen-bond acceptors (Lipinski definition) is 7. The molecular formula is C18H24N6O2. The predicted molar refractivity (Wildman–Crippen MR) is 93.8 cm³/mol. The molecule has 0 unspecified atom stereocenters. The lowest BCUT2D eigenvalue weighted by Gasteiger charge is -2.37. The monoisotopic (exact) mass is 356 g/mol. The van der Waals surface area contributed by atoms with Crippen LogP contribution in [0.4, 0.5) is 0 Å². The standard InChI is InChI=1S/C18H24N6O2/c1-10-11(2)20-15(12(3)19-10)18(25)24-8-7-23(4)14(9-24)17-21-16(22-26-17)13-5-6-13/h13-14H,5-9H2,1-4H3/t14-/m0/s1. The van der Waals surface area contributed by atoms with Crippen molar-refractivity contribution in [1.82, 2.24) is 29.9 Å². The average molecular weight is 356 g/mol. The minimum atomic E-state index is -0.0903. The van der Waals surface area contributed by atoms with Gasteiger partial charge < -0.3 is 9.42 Å². The number of hydrogen-bond donors (Lipinski definition) is 0. The first kappa shape index (κ1) is 17.1. The number of carbonyl (C=O) groups is 1. The third-order valence-corrected chi connectivity index (χ3v) is 5.30. The van der Waals surface area contributed by atoms with Crippen LogP contribution in [0.25, 0.3) is 0 Å². The van der Waals surface area contributed by atoms with Crippen LogP contribution < -0.4 is 0 Å². The second kappa shape index (κ2) is 6.42. The number of carbonyl (C=O) groups excluding carboxylic acids is 1. The van der Waals surface area contributed by atoms with Crippen LogP contribution in [-0.2, 0) is 0 Å². The molecule has 8 heteroatoms. The first-order chi connectivity index (χ1) is 12.4. The van der Waals surface area contributed by atoms with E-state index in [1.165, 1.54) is 0 Å². The largest absolute Gasteiger partial charge is 0.338 e. The maximum Gasteiger partial charge on any atom is 0.274 e. The second-order valence-corrected chi connectivity index (χ2v) is 7.34. The fourth-order valence-corrected chi connectivity index (χ4v) is 3.28. The molecule has 138 valence electrons. The first-order valence-electron chi connectivity index (χ1n) is 9.09. The highest BCUT2D eigenvalue weighted by Crippen LogP contribution is 2.38. The normalized spacial score (nSPS) is 21.2. The molecule has 26 heavy (non-hydrogen) atoms. The summed E-state index contributed by atoms with van der Waals surface area (Å²) >= 11 is 0. The maximum absolute atomic E-state index is 13.0. The van der Waals surface area contributed by atoms with Gasteiger partial charge in [0, 0.05) is 25.6 Å². The Morgan fingerprint density at radius 3 is 2.50 bits per heavy atom. The van der Waals surface area contributed by atoms with Crippen LogP contribution in [0.1, 0.15) is 64.1 Å². The summed E-state index contributed by atoms with van der Waals surface area (Å²) in [6, 6.07) is -0.0903. The predicted octanol–water partition coefficient (Wildman–Crippen LogP) is 1.79. The number of rotatable bonds is 3. The molecule has 1 aliphatic heterocycles. The number of likely N-dealkylation sites (N-methyl/N-ethyl adjacent to an activating group) is 1. The van der Waals surface area contributed by atoms with Gasteiger partial charge in [0.1, 0.15) is 11.7 Å². The fourth-order valence-electron chi connectivity index (χ4n) is 3.28. The lowest BCUT2D eigenvalue weighted by molar-refractivity contribution is 0.0482.